The summed E-state index contributed by atoms with van der Waals surface area (Å²) in [5.41, 5.74) is 1.32. The van der Waals surface area contributed by atoms with Crippen LogP contribution in [-0.4, -0.2) is 13.2 Å². The summed E-state index contributed by atoms with van der Waals surface area (Å²) in [6.07, 6.45) is 5.28. The van der Waals surface area contributed by atoms with E-state index in [2.05, 4.69) is 24.4 Å². The molecule has 2 nitrogen and oxygen atoms in total. The summed E-state index contributed by atoms with van der Waals surface area (Å²) < 4.78 is 5.41. The summed E-state index contributed by atoms with van der Waals surface area (Å²) >= 11 is 0. The average Bonchev–Trinajstić information content (AvgIpc) is 2.36. The summed E-state index contributed by atoms with van der Waals surface area (Å²) in [6.45, 7) is 7.06. The zero-order chi connectivity index (χ0) is 12.3. The van der Waals surface area contributed by atoms with Gasteiger partial charge in [0.15, 0.2) is 0 Å². The highest BCUT2D eigenvalue weighted by Crippen LogP contribution is 2.11. The molecule has 0 spiro atoms. The molecule has 1 aromatic rings. The molecule has 0 aliphatic carbocycles. The molecule has 1 aromatic carbocycles. The first-order chi connectivity index (χ1) is 8.36. The van der Waals surface area contributed by atoms with Crippen LogP contribution in [0, 0.1) is 0 Å². The normalized spacial score (nSPS) is 9.89. The number of nitrogens with one attached hydrogen (secondary N) is 1. The standard InChI is InChI=1S/C15H25NO.ClH/c1-3-5-6-7-12-16-13-14-8-10-15(11-9-14)17-4-2;/h8-11,16H,3-7,12-13H2,1-2H3;1H. The molecular formula is C15H26ClNO. The Balaban J connectivity index is 0.00000289. The second-order valence-corrected chi connectivity index (χ2v) is 4.31. The number of rotatable bonds is 9. The minimum atomic E-state index is 0. The summed E-state index contributed by atoms with van der Waals surface area (Å²) in [4.78, 5) is 0. The van der Waals surface area contributed by atoms with Gasteiger partial charge in [-0.15, -0.1) is 12.4 Å². The van der Waals surface area contributed by atoms with Gasteiger partial charge in [-0.3, -0.25) is 0 Å². The van der Waals surface area contributed by atoms with Crippen molar-refractivity contribution in [3.05, 3.63) is 29.8 Å². The summed E-state index contributed by atoms with van der Waals surface area (Å²) in [6, 6.07) is 8.34. The van der Waals surface area contributed by atoms with E-state index >= 15 is 0 Å². The zero-order valence-corrected chi connectivity index (χ0v) is 12.4. The van der Waals surface area contributed by atoms with Crippen LogP contribution < -0.4 is 10.1 Å². The fraction of sp³-hybridized carbons (Fsp3) is 0.600. The Bertz CT molecular complexity index is 287. The largest absolute Gasteiger partial charge is 0.494 e. The van der Waals surface area contributed by atoms with Crippen molar-refractivity contribution in [3.8, 4) is 5.75 Å². The van der Waals surface area contributed by atoms with Crippen LogP contribution in [0.3, 0.4) is 0 Å². The molecule has 0 saturated carbocycles. The van der Waals surface area contributed by atoms with Crippen LogP contribution in [0.4, 0.5) is 0 Å². The first-order valence-corrected chi connectivity index (χ1v) is 6.79. The highest BCUT2D eigenvalue weighted by atomic mass is 35.5. The van der Waals surface area contributed by atoms with E-state index in [1.807, 2.05) is 19.1 Å². The van der Waals surface area contributed by atoms with Gasteiger partial charge in [-0.1, -0.05) is 38.3 Å². The van der Waals surface area contributed by atoms with E-state index in [0.29, 0.717) is 0 Å². The SMILES string of the molecule is CCCCCCNCc1ccc(OCC)cc1.Cl. The van der Waals surface area contributed by atoms with Crippen LogP contribution in [0.1, 0.15) is 45.1 Å². The molecule has 0 saturated heterocycles. The first kappa shape index (κ1) is 17.3. The number of hydrogen-bond acceptors (Lipinski definition) is 2. The van der Waals surface area contributed by atoms with Crippen molar-refractivity contribution < 1.29 is 4.74 Å². The van der Waals surface area contributed by atoms with Crippen molar-refractivity contribution in [1.29, 1.82) is 0 Å². The monoisotopic (exact) mass is 271 g/mol. The Kier molecular flexibility index (Phi) is 10.9. The van der Waals surface area contributed by atoms with Crippen molar-refractivity contribution in [2.75, 3.05) is 13.2 Å². The highest BCUT2D eigenvalue weighted by molar-refractivity contribution is 5.85. The van der Waals surface area contributed by atoms with Crippen molar-refractivity contribution in [2.45, 2.75) is 46.1 Å². The van der Waals surface area contributed by atoms with Crippen molar-refractivity contribution in [3.63, 3.8) is 0 Å². The number of hydrogen-bond donors (Lipinski definition) is 1. The molecule has 3 heteroatoms. The molecule has 0 atom stereocenters. The molecule has 1 rings (SSSR count). The lowest BCUT2D eigenvalue weighted by atomic mass is 10.2. The molecule has 0 unspecified atom stereocenters. The lowest BCUT2D eigenvalue weighted by Gasteiger charge is -2.06. The molecule has 0 aliphatic rings. The van der Waals surface area contributed by atoms with Crippen LogP contribution in [0.2, 0.25) is 0 Å². The van der Waals surface area contributed by atoms with Gasteiger partial charge in [0, 0.05) is 6.54 Å². The third kappa shape index (κ3) is 7.57. The van der Waals surface area contributed by atoms with Crippen LogP contribution in [-0.2, 0) is 6.54 Å². The van der Waals surface area contributed by atoms with Gasteiger partial charge >= 0.3 is 0 Å². The Hall–Kier alpha value is -0.730. The molecule has 0 fully saturated rings. The number of benzene rings is 1. The molecule has 0 bridgehead atoms. The maximum atomic E-state index is 5.41. The van der Waals surface area contributed by atoms with Crippen LogP contribution in [0.5, 0.6) is 5.75 Å². The Morgan fingerprint density at radius 1 is 1.00 bits per heavy atom. The second-order valence-electron chi connectivity index (χ2n) is 4.31. The Morgan fingerprint density at radius 3 is 2.33 bits per heavy atom. The van der Waals surface area contributed by atoms with E-state index in [4.69, 9.17) is 4.74 Å². The van der Waals surface area contributed by atoms with Gasteiger partial charge in [0.1, 0.15) is 5.75 Å². The van der Waals surface area contributed by atoms with Gasteiger partial charge in [-0.05, 0) is 37.6 Å². The third-order valence-electron chi connectivity index (χ3n) is 2.77. The molecule has 0 heterocycles. The predicted molar refractivity (Wildman–Crippen MR) is 80.7 cm³/mol. The Morgan fingerprint density at radius 2 is 1.72 bits per heavy atom. The smallest absolute Gasteiger partial charge is 0.119 e. The molecular weight excluding hydrogens is 246 g/mol. The minimum absolute atomic E-state index is 0. The molecule has 0 aliphatic heterocycles. The fourth-order valence-corrected chi connectivity index (χ4v) is 1.78. The van der Waals surface area contributed by atoms with Gasteiger partial charge < -0.3 is 10.1 Å². The van der Waals surface area contributed by atoms with E-state index in [0.717, 1.165) is 25.4 Å². The van der Waals surface area contributed by atoms with Gasteiger partial charge in [0.25, 0.3) is 0 Å². The highest BCUT2D eigenvalue weighted by Gasteiger charge is 1.94. The van der Waals surface area contributed by atoms with Gasteiger partial charge in [0.05, 0.1) is 6.61 Å². The van der Waals surface area contributed by atoms with Crippen molar-refractivity contribution in [1.82, 2.24) is 5.32 Å². The summed E-state index contributed by atoms with van der Waals surface area (Å²) in [5, 5.41) is 3.47. The van der Waals surface area contributed by atoms with E-state index < -0.39 is 0 Å². The number of unbranched alkanes of at least 4 members (excludes halogenated alkanes) is 3. The maximum absolute atomic E-state index is 5.41. The van der Waals surface area contributed by atoms with E-state index in [1.165, 1.54) is 31.2 Å². The van der Waals surface area contributed by atoms with Gasteiger partial charge in [-0.2, -0.15) is 0 Å². The molecule has 104 valence electrons. The first-order valence-electron chi connectivity index (χ1n) is 6.79. The van der Waals surface area contributed by atoms with Crippen LogP contribution in [0.15, 0.2) is 24.3 Å². The summed E-state index contributed by atoms with van der Waals surface area (Å²) in [5.74, 6) is 0.958. The Labute approximate surface area is 118 Å². The van der Waals surface area contributed by atoms with E-state index in [1.54, 1.807) is 0 Å². The van der Waals surface area contributed by atoms with Gasteiger partial charge in [-0.25, -0.2) is 0 Å². The van der Waals surface area contributed by atoms with E-state index in [9.17, 15) is 0 Å². The molecule has 1 N–H and O–H groups in total. The topological polar surface area (TPSA) is 21.3 Å². The second kappa shape index (κ2) is 11.4. The quantitative estimate of drug-likeness (QED) is 0.681. The lowest BCUT2D eigenvalue weighted by molar-refractivity contribution is 0.340. The maximum Gasteiger partial charge on any atom is 0.119 e. The van der Waals surface area contributed by atoms with Crippen LogP contribution >= 0.6 is 12.4 Å². The minimum Gasteiger partial charge on any atom is -0.494 e. The van der Waals surface area contributed by atoms with E-state index in [-0.39, 0.29) is 12.4 Å². The summed E-state index contributed by atoms with van der Waals surface area (Å²) in [7, 11) is 0. The predicted octanol–water partition coefficient (Wildman–Crippen LogP) is 4.18. The van der Waals surface area contributed by atoms with Crippen molar-refractivity contribution in [2.24, 2.45) is 0 Å². The number of halogens is 1. The van der Waals surface area contributed by atoms with Crippen molar-refractivity contribution >= 4 is 12.4 Å². The lowest BCUT2D eigenvalue weighted by Crippen LogP contribution is -2.14. The molecule has 0 amide bonds. The number of ether oxygens (including phenoxy) is 1. The average molecular weight is 272 g/mol. The third-order valence-corrected chi connectivity index (χ3v) is 2.77. The zero-order valence-electron chi connectivity index (χ0n) is 11.6. The van der Waals surface area contributed by atoms with Gasteiger partial charge in [0.2, 0.25) is 0 Å². The fourth-order valence-electron chi connectivity index (χ4n) is 1.78. The molecule has 0 radical (unpaired) electrons. The molecule has 0 aromatic heterocycles. The molecule has 18 heavy (non-hydrogen) atoms. The van der Waals surface area contributed by atoms with Crippen LogP contribution in [0.25, 0.3) is 0 Å².